The second kappa shape index (κ2) is 9.06. The fraction of sp³-hybridized carbons (Fsp3) is 0.278. The average molecular weight is 335 g/mol. The molecule has 0 atom stereocenters. The first-order chi connectivity index (χ1) is 10.6. The van der Waals surface area contributed by atoms with Crippen LogP contribution in [0.3, 0.4) is 0 Å². The van der Waals surface area contributed by atoms with Crippen LogP contribution in [0.2, 0.25) is 0 Å². The lowest BCUT2D eigenvalue weighted by molar-refractivity contribution is 0.0788. The maximum atomic E-state index is 12.2. The van der Waals surface area contributed by atoms with Crippen LogP contribution in [0.1, 0.15) is 22.3 Å². The summed E-state index contributed by atoms with van der Waals surface area (Å²) in [6.45, 7) is 3.24. The van der Waals surface area contributed by atoms with Gasteiger partial charge >= 0.3 is 0 Å². The maximum absolute atomic E-state index is 12.2. The molecule has 2 aromatic rings. The van der Waals surface area contributed by atoms with Crippen LogP contribution < -0.4 is 10.5 Å². The Hall–Kier alpha value is -2.20. The van der Waals surface area contributed by atoms with Gasteiger partial charge in [0.1, 0.15) is 5.75 Å². The predicted octanol–water partition coefficient (Wildman–Crippen LogP) is 3.54. The fourth-order valence-electron chi connectivity index (χ4n) is 2.20. The van der Waals surface area contributed by atoms with E-state index < -0.39 is 0 Å². The number of hydrogen-bond donors (Lipinski definition) is 1. The van der Waals surface area contributed by atoms with Gasteiger partial charge in [0.15, 0.2) is 0 Å². The number of benzene rings is 2. The van der Waals surface area contributed by atoms with Crippen molar-refractivity contribution < 1.29 is 9.53 Å². The van der Waals surface area contributed by atoms with Gasteiger partial charge in [-0.05, 0) is 43.2 Å². The van der Waals surface area contributed by atoms with Gasteiger partial charge in [-0.3, -0.25) is 4.79 Å². The van der Waals surface area contributed by atoms with Crippen molar-refractivity contribution in [2.75, 3.05) is 25.9 Å². The molecule has 0 aliphatic carbocycles. The highest BCUT2D eigenvalue weighted by Gasteiger charge is 2.11. The Morgan fingerprint density at radius 1 is 1.17 bits per heavy atom. The zero-order valence-corrected chi connectivity index (χ0v) is 14.3. The van der Waals surface area contributed by atoms with Gasteiger partial charge in [-0.25, -0.2) is 0 Å². The first kappa shape index (κ1) is 18.8. The summed E-state index contributed by atoms with van der Waals surface area (Å²) in [7, 11) is 1.79. The standard InChI is InChI=1S/C18H22N2O2.ClH/c1-14-7-3-4-10-17(14)22-12-6-11-20(2)18(21)15-8-5-9-16(19)13-15;/h3-5,7-10,13H,6,11-12,19H2,1-2H3;1H. The Kier molecular flexibility index (Phi) is 7.42. The second-order valence-corrected chi connectivity index (χ2v) is 5.32. The van der Waals surface area contributed by atoms with Gasteiger partial charge in [0, 0.05) is 24.8 Å². The van der Waals surface area contributed by atoms with Crippen LogP contribution in [0.25, 0.3) is 0 Å². The van der Waals surface area contributed by atoms with Gasteiger partial charge in [0.25, 0.3) is 5.91 Å². The van der Waals surface area contributed by atoms with E-state index in [1.54, 1.807) is 36.2 Å². The highest BCUT2D eigenvalue weighted by molar-refractivity contribution is 5.94. The van der Waals surface area contributed by atoms with Crippen molar-refractivity contribution in [1.29, 1.82) is 0 Å². The Morgan fingerprint density at radius 3 is 2.61 bits per heavy atom. The zero-order valence-electron chi connectivity index (χ0n) is 13.5. The molecule has 0 bridgehead atoms. The Bertz CT molecular complexity index is 646. The van der Waals surface area contributed by atoms with Crippen molar-refractivity contribution in [2.24, 2.45) is 0 Å². The molecule has 0 heterocycles. The van der Waals surface area contributed by atoms with Crippen molar-refractivity contribution in [1.82, 2.24) is 4.90 Å². The zero-order chi connectivity index (χ0) is 15.9. The molecular formula is C18H23ClN2O2. The molecule has 2 rings (SSSR count). The Morgan fingerprint density at radius 2 is 1.91 bits per heavy atom. The first-order valence-electron chi connectivity index (χ1n) is 7.37. The number of carbonyl (C=O) groups excluding carboxylic acids is 1. The summed E-state index contributed by atoms with van der Waals surface area (Å²) in [6, 6.07) is 15.0. The molecule has 5 heteroatoms. The molecule has 4 nitrogen and oxygen atoms in total. The summed E-state index contributed by atoms with van der Waals surface area (Å²) in [4.78, 5) is 13.9. The van der Waals surface area contributed by atoms with E-state index in [9.17, 15) is 4.79 Å². The highest BCUT2D eigenvalue weighted by Crippen LogP contribution is 2.16. The molecule has 0 aliphatic rings. The summed E-state index contributed by atoms with van der Waals surface area (Å²) < 4.78 is 5.73. The molecule has 0 aromatic heterocycles. The lowest BCUT2D eigenvalue weighted by Gasteiger charge is -2.17. The SMILES string of the molecule is Cc1ccccc1OCCCN(C)C(=O)c1cccc(N)c1.Cl. The summed E-state index contributed by atoms with van der Waals surface area (Å²) in [6.07, 6.45) is 0.777. The van der Waals surface area contributed by atoms with Crippen LogP contribution in [-0.2, 0) is 0 Å². The Balaban J connectivity index is 0.00000264. The van der Waals surface area contributed by atoms with Crippen molar-refractivity contribution >= 4 is 24.0 Å². The average Bonchev–Trinajstić information content (AvgIpc) is 2.52. The van der Waals surface area contributed by atoms with E-state index in [-0.39, 0.29) is 18.3 Å². The van der Waals surface area contributed by atoms with Crippen molar-refractivity contribution in [2.45, 2.75) is 13.3 Å². The van der Waals surface area contributed by atoms with Crippen LogP contribution >= 0.6 is 12.4 Å². The topological polar surface area (TPSA) is 55.6 Å². The van der Waals surface area contributed by atoms with Crippen molar-refractivity contribution in [3.05, 3.63) is 59.7 Å². The van der Waals surface area contributed by atoms with Crippen LogP contribution in [-0.4, -0.2) is 31.0 Å². The number of ether oxygens (including phenoxy) is 1. The number of halogens is 1. The number of anilines is 1. The number of nitrogens with two attached hydrogens (primary N) is 1. The third-order valence-corrected chi connectivity index (χ3v) is 3.47. The number of nitrogens with zero attached hydrogens (tertiary/aromatic N) is 1. The normalized spacial score (nSPS) is 9.83. The largest absolute Gasteiger partial charge is 0.493 e. The number of hydrogen-bond acceptors (Lipinski definition) is 3. The monoisotopic (exact) mass is 334 g/mol. The van der Waals surface area contributed by atoms with Gasteiger partial charge in [-0.2, -0.15) is 0 Å². The molecule has 23 heavy (non-hydrogen) atoms. The van der Waals surface area contributed by atoms with E-state index in [1.807, 2.05) is 31.2 Å². The number of nitrogen functional groups attached to an aromatic ring is 1. The molecular weight excluding hydrogens is 312 g/mol. The summed E-state index contributed by atoms with van der Waals surface area (Å²) in [5.74, 6) is 0.871. The molecule has 0 aliphatic heterocycles. The minimum atomic E-state index is -0.0248. The lowest BCUT2D eigenvalue weighted by atomic mass is 10.2. The molecule has 0 saturated carbocycles. The van der Waals surface area contributed by atoms with E-state index in [2.05, 4.69) is 0 Å². The third kappa shape index (κ3) is 5.49. The Labute approximate surface area is 143 Å². The minimum Gasteiger partial charge on any atom is -0.493 e. The molecule has 0 unspecified atom stereocenters. The van der Waals surface area contributed by atoms with Crippen molar-refractivity contribution in [3.63, 3.8) is 0 Å². The molecule has 2 N–H and O–H groups in total. The first-order valence-corrected chi connectivity index (χ1v) is 7.37. The smallest absolute Gasteiger partial charge is 0.253 e. The minimum absolute atomic E-state index is 0. The number of amides is 1. The second-order valence-electron chi connectivity index (χ2n) is 5.32. The summed E-state index contributed by atoms with van der Waals surface area (Å²) in [5.41, 5.74) is 8.04. The predicted molar refractivity (Wildman–Crippen MR) is 96.4 cm³/mol. The molecule has 2 aromatic carbocycles. The van der Waals surface area contributed by atoms with E-state index in [1.165, 1.54) is 0 Å². The van der Waals surface area contributed by atoms with E-state index in [4.69, 9.17) is 10.5 Å². The number of aryl methyl sites for hydroxylation is 1. The quantitative estimate of drug-likeness (QED) is 0.649. The van der Waals surface area contributed by atoms with Crippen LogP contribution in [0.5, 0.6) is 5.75 Å². The molecule has 0 spiro atoms. The van der Waals surface area contributed by atoms with Gasteiger partial charge in [0.05, 0.1) is 6.61 Å². The molecule has 1 amide bonds. The highest BCUT2D eigenvalue weighted by atomic mass is 35.5. The van der Waals surface area contributed by atoms with Crippen LogP contribution in [0.4, 0.5) is 5.69 Å². The molecule has 0 fully saturated rings. The van der Waals surface area contributed by atoms with Crippen LogP contribution in [0, 0.1) is 6.92 Å². The molecule has 124 valence electrons. The van der Waals surface area contributed by atoms with Gasteiger partial charge < -0.3 is 15.4 Å². The fourth-order valence-corrected chi connectivity index (χ4v) is 2.20. The van der Waals surface area contributed by atoms with E-state index in [0.29, 0.717) is 24.4 Å². The third-order valence-electron chi connectivity index (χ3n) is 3.47. The van der Waals surface area contributed by atoms with E-state index in [0.717, 1.165) is 17.7 Å². The van der Waals surface area contributed by atoms with Crippen molar-refractivity contribution in [3.8, 4) is 5.75 Å². The lowest BCUT2D eigenvalue weighted by Crippen LogP contribution is -2.28. The molecule has 0 radical (unpaired) electrons. The number of rotatable bonds is 6. The summed E-state index contributed by atoms with van der Waals surface area (Å²) >= 11 is 0. The number of carbonyl (C=O) groups is 1. The number of para-hydroxylation sites is 1. The summed E-state index contributed by atoms with van der Waals surface area (Å²) in [5, 5.41) is 0. The van der Waals surface area contributed by atoms with Gasteiger partial charge in [-0.15, -0.1) is 12.4 Å². The maximum Gasteiger partial charge on any atom is 0.253 e. The van der Waals surface area contributed by atoms with Gasteiger partial charge in [0.2, 0.25) is 0 Å². The van der Waals surface area contributed by atoms with Gasteiger partial charge in [-0.1, -0.05) is 24.3 Å². The molecule has 0 saturated heterocycles. The van der Waals surface area contributed by atoms with E-state index >= 15 is 0 Å². The van der Waals surface area contributed by atoms with Crippen LogP contribution in [0.15, 0.2) is 48.5 Å².